The highest BCUT2D eigenvalue weighted by Gasteiger charge is 2.28. The molecule has 0 bridgehead atoms. The van der Waals surface area contributed by atoms with Crippen LogP contribution in [0.4, 0.5) is 0 Å². The van der Waals surface area contributed by atoms with Crippen molar-refractivity contribution in [3.05, 3.63) is 52.8 Å². The number of ether oxygens (including phenoxy) is 1. The van der Waals surface area contributed by atoms with Gasteiger partial charge >= 0.3 is 0 Å². The number of rotatable bonds is 4. The summed E-state index contributed by atoms with van der Waals surface area (Å²) in [5, 5.41) is 6.97. The van der Waals surface area contributed by atoms with E-state index in [1.54, 1.807) is 41.5 Å². The predicted molar refractivity (Wildman–Crippen MR) is 105 cm³/mol. The fourth-order valence-electron chi connectivity index (χ4n) is 3.23. The maximum absolute atomic E-state index is 13.0. The molecule has 0 spiro atoms. The van der Waals surface area contributed by atoms with Crippen molar-refractivity contribution in [2.24, 2.45) is 7.05 Å². The number of aryl methyl sites for hydroxylation is 1. The van der Waals surface area contributed by atoms with E-state index in [1.165, 1.54) is 0 Å². The summed E-state index contributed by atoms with van der Waals surface area (Å²) >= 11 is 7.74. The molecule has 0 N–H and O–H groups in total. The number of hydrogen-bond acceptors (Lipinski definition) is 5. The van der Waals surface area contributed by atoms with Crippen LogP contribution >= 0.6 is 22.9 Å². The van der Waals surface area contributed by atoms with Crippen LogP contribution in [0.5, 0.6) is 5.75 Å². The molecule has 1 aliphatic heterocycles. The molecule has 1 amide bonds. The number of thiophene rings is 1. The molecule has 0 aliphatic carbocycles. The lowest BCUT2D eigenvalue weighted by molar-refractivity contribution is 0.0528. The Balaban J connectivity index is 1.48. The lowest BCUT2D eigenvalue weighted by atomic mass is 10.1. The number of carbonyl (C=O) groups excluding carboxylic acids is 1. The Labute approximate surface area is 166 Å². The highest BCUT2D eigenvalue weighted by atomic mass is 35.5. The number of hydrogen-bond donors (Lipinski definition) is 0. The van der Waals surface area contributed by atoms with Crippen LogP contribution < -0.4 is 4.74 Å². The summed E-state index contributed by atoms with van der Waals surface area (Å²) in [6.07, 6.45) is 4.88. The quantitative estimate of drug-likeness (QED) is 0.664. The summed E-state index contributed by atoms with van der Waals surface area (Å²) in [6, 6.07) is 7.59. The molecule has 1 saturated heterocycles. The van der Waals surface area contributed by atoms with Gasteiger partial charge in [-0.15, -0.1) is 11.3 Å². The van der Waals surface area contributed by atoms with Gasteiger partial charge in [-0.3, -0.25) is 14.5 Å². The van der Waals surface area contributed by atoms with E-state index in [-0.39, 0.29) is 12.0 Å². The van der Waals surface area contributed by atoms with Gasteiger partial charge in [0.15, 0.2) is 0 Å². The van der Waals surface area contributed by atoms with Crippen LogP contribution in [-0.2, 0) is 7.05 Å². The fourth-order valence-corrected chi connectivity index (χ4v) is 4.08. The Kier molecular flexibility index (Phi) is 5.13. The van der Waals surface area contributed by atoms with Gasteiger partial charge in [0.05, 0.1) is 11.4 Å². The van der Waals surface area contributed by atoms with E-state index in [2.05, 4.69) is 10.1 Å². The van der Waals surface area contributed by atoms with Crippen LogP contribution in [0.15, 0.2) is 42.0 Å². The van der Waals surface area contributed by atoms with Gasteiger partial charge < -0.3 is 9.64 Å². The molecule has 8 heteroatoms. The summed E-state index contributed by atoms with van der Waals surface area (Å²) < 4.78 is 7.66. The molecule has 27 heavy (non-hydrogen) atoms. The molecule has 0 radical (unpaired) electrons. The first-order valence-electron chi connectivity index (χ1n) is 8.75. The van der Waals surface area contributed by atoms with Crippen LogP contribution in [0, 0.1) is 0 Å². The smallest absolute Gasteiger partial charge is 0.272 e. The summed E-state index contributed by atoms with van der Waals surface area (Å²) in [4.78, 5) is 19.9. The molecule has 140 valence electrons. The van der Waals surface area contributed by atoms with Crippen molar-refractivity contribution in [3.63, 3.8) is 0 Å². The van der Waals surface area contributed by atoms with E-state index >= 15 is 0 Å². The number of aromatic nitrogens is 3. The molecular formula is C19H19ClN4O2S. The standard InChI is InChI=1S/C19H19ClN4O2S/c1-23-16(10-15(22-23)18-5-3-9-27-18)19(25)24-8-2-4-13(12-24)26-17-6-7-21-11-14(17)20/h3,5-7,9-11,13H,2,4,8,12H2,1H3. The third kappa shape index (κ3) is 3.84. The van der Waals surface area contributed by atoms with Crippen molar-refractivity contribution in [2.45, 2.75) is 18.9 Å². The number of halogens is 1. The molecule has 1 fully saturated rings. The zero-order valence-electron chi connectivity index (χ0n) is 14.8. The fraction of sp³-hybridized carbons (Fsp3) is 0.316. The van der Waals surface area contributed by atoms with E-state index < -0.39 is 0 Å². The van der Waals surface area contributed by atoms with Gasteiger partial charge in [0, 0.05) is 32.1 Å². The maximum atomic E-state index is 13.0. The number of nitrogens with zero attached hydrogens (tertiary/aromatic N) is 4. The monoisotopic (exact) mass is 402 g/mol. The lowest BCUT2D eigenvalue weighted by Crippen LogP contribution is -2.44. The summed E-state index contributed by atoms with van der Waals surface area (Å²) in [5.41, 5.74) is 1.41. The van der Waals surface area contributed by atoms with Gasteiger partial charge in [0.25, 0.3) is 5.91 Å². The second-order valence-corrected chi connectivity index (χ2v) is 7.81. The Morgan fingerprint density at radius 1 is 1.41 bits per heavy atom. The number of likely N-dealkylation sites (tertiary alicyclic amines) is 1. The minimum atomic E-state index is -0.0902. The first-order chi connectivity index (χ1) is 13.1. The van der Waals surface area contributed by atoms with E-state index in [9.17, 15) is 4.79 Å². The maximum Gasteiger partial charge on any atom is 0.272 e. The van der Waals surface area contributed by atoms with Crippen LogP contribution in [0.25, 0.3) is 10.6 Å². The minimum Gasteiger partial charge on any atom is -0.487 e. The molecule has 0 saturated carbocycles. The normalized spacial score (nSPS) is 17.1. The molecule has 1 unspecified atom stereocenters. The van der Waals surface area contributed by atoms with E-state index in [4.69, 9.17) is 16.3 Å². The number of piperidine rings is 1. The van der Waals surface area contributed by atoms with Gasteiger partial charge in [0.2, 0.25) is 0 Å². The summed E-state index contributed by atoms with van der Waals surface area (Å²) in [6.45, 7) is 1.24. The first kappa shape index (κ1) is 18.0. The van der Waals surface area contributed by atoms with Crippen molar-refractivity contribution >= 4 is 28.8 Å². The minimum absolute atomic E-state index is 0.0260. The molecule has 6 nitrogen and oxygen atoms in total. The zero-order chi connectivity index (χ0) is 18.8. The van der Waals surface area contributed by atoms with Gasteiger partial charge in [0.1, 0.15) is 28.3 Å². The molecule has 4 heterocycles. The van der Waals surface area contributed by atoms with Crippen LogP contribution in [0.2, 0.25) is 5.02 Å². The predicted octanol–water partition coefficient (Wildman–Crippen LogP) is 3.88. The summed E-state index contributed by atoms with van der Waals surface area (Å²) in [5.74, 6) is 0.577. The van der Waals surface area contributed by atoms with Gasteiger partial charge in [-0.2, -0.15) is 5.10 Å². The van der Waals surface area contributed by atoms with Gasteiger partial charge in [-0.1, -0.05) is 17.7 Å². The third-order valence-corrected chi connectivity index (χ3v) is 5.74. The second kappa shape index (κ2) is 7.70. The lowest BCUT2D eigenvalue weighted by Gasteiger charge is -2.33. The molecular weight excluding hydrogens is 384 g/mol. The molecule has 3 aromatic heterocycles. The molecule has 1 aliphatic rings. The number of pyridine rings is 1. The molecule has 3 aromatic rings. The summed E-state index contributed by atoms with van der Waals surface area (Å²) in [7, 11) is 1.80. The number of amides is 1. The van der Waals surface area contributed by atoms with Crippen LogP contribution in [0.1, 0.15) is 23.3 Å². The van der Waals surface area contributed by atoms with E-state index in [1.807, 2.05) is 28.5 Å². The van der Waals surface area contributed by atoms with Crippen molar-refractivity contribution in [2.75, 3.05) is 13.1 Å². The van der Waals surface area contributed by atoms with Gasteiger partial charge in [-0.25, -0.2) is 0 Å². The Morgan fingerprint density at radius 2 is 2.30 bits per heavy atom. The van der Waals surface area contributed by atoms with Crippen molar-refractivity contribution in [1.29, 1.82) is 0 Å². The highest BCUT2D eigenvalue weighted by Crippen LogP contribution is 2.27. The first-order valence-corrected chi connectivity index (χ1v) is 10.0. The van der Waals surface area contributed by atoms with Gasteiger partial charge in [-0.05, 0) is 30.4 Å². The average Bonchev–Trinajstić information content (AvgIpc) is 3.33. The largest absolute Gasteiger partial charge is 0.487 e. The van der Waals surface area contributed by atoms with Crippen LogP contribution in [0.3, 0.4) is 0 Å². The second-order valence-electron chi connectivity index (χ2n) is 6.46. The van der Waals surface area contributed by atoms with E-state index in [0.717, 1.165) is 23.4 Å². The SMILES string of the molecule is Cn1nc(-c2cccs2)cc1C(=O)N1CCCC(Oc2ccncc2Cl)C1. The Hall–Kier alpha value is -2.38. The Morgan fingerprint density at radius 3 is 3.07 bits per heavy atom. The molecule has 0 aromatic carbocycles. The van der Waals surface area contributed by atoms with Crippen molar-refractivity contribution in [1.82, 2.24) is 19.7 Å². The molecule has 1 atom stereocenters. The molecule has 4 rings (SSSR count). The van der Waals surface area contributed by atoms with Crippen molar-refractivity contribution < 1.29 is 9.53 Å². The van der Waals surface area contributed by atoms with E-state index in [0.29, 0.717) is 29.6 Å². The third-order valence-electron chi connectivity index (χ3n) is 4.57. The van der Waals surface area contributed by atoms with Crippen molar-refractivity contribution in [3.8, 4) is 16.3 Å². The average molecular weight is 403 g/mol. The topological polar surface area (TPSA) is 60.2 Å². The Bertz CT molecular complexity index is 941. The number of carbonyl (C=O) groups is 1. The zero-order valence-corrected chi connectivity index (χ0v) is 16.4. The van der Waals surface area contributed by atoms with Crippen LogP contribution in [-0.4, -0.2) is 44.8 Å². The highest BCUT2D eigenvalue weighted by molar-refractivity contribution is 7.13.